The van der Waals surface area contributed by atoms with Gasteiger partial charge < -0.3 is 19.1 Å². The number of ether oxygens (including phenoxy) is 1. The van der Waals surface area contributed by atoms with E-state index in [-0.39, 0.29) is 17.7 Å². The van der Waals surface area contributed by atoms with Crippen molar-refractivity contribution in [1.29, 1.82) is 0 Å². The Balaban J connectivity index is 1.08. The topological polar surface area (TPSA) is 88.8 Å². The molecule has 0 atom stereocenters. The van der Waals surface area contributed by atoms with Crippen LogP contribution in [0.25, 0.3) is 11.4 Å². The van der Waals surface area contributed by atoms with Gasteiger partial charge in [0.15, 0.2) is 0 Å². The molecule has 1 aromatic heterocycles. The predicted octanol–water partition coefficient (Wildman–Crippen LogP) is 4.08. The molecule has 2 aromatic carbocycles. The van der Waals surface area contributed by atoms with E-state index in [0.717, 1.165) is 56.5 Å². The smallest absolute Gasteiger partial charge is 0.253 e. The van der Waals surface area contributed by atoms with E-state index >= 15 is 0 Å². The number of rotatable bonds is 6. The van der Waals surface area contributed by atoms with Crippen LogP contribution in [0.3, 0.4) is 0 Å². The number of likely N-dealkylation sites (tertiary alicyclic amines) is 2. The highest BCUT2D eigenvalue weighted by Crippen LogP contribution is 2.27. The zero-order chi connectivity index (χ0) is 24.9. The Bertz CT molecular complexity index is 1160. The van der Waals surface area contributed by atoms with Gasteiger partial charge in [-0.15, -0.1) is 0 Å². The van der Waals surface area contributed by atoms with Gasteiger partial charge in [0.2, 0.25) is 17.6 Å². The number of piperidine rings is 2. The van der Waals surface area contributed by atoms with Gasteiger partial charge in [-0.3, -0.25) is 9.59 Å². The van der Waals surface area contributed by atoms with Crippen LogP contribution in [-0.4, -0.2) is 65.0 Å². The van der Waals surface area contributed by atoms with Gasteiger partial charge in [0.25, 0.3) is 5.91 Å². The molecule has 2 aliphatic heterocycles. The van der Waals surface area contributed by atoms with E-state index in [2.05, 4.69) is 10.1 Å². The lowest BCUT2D eigenvalue weighted by Crippen LogP contribution is -2.46. The van der Waals surface area contributed by atoms with E-state index < -0.39 is 0 Å². The first-order chi connectivity index (χ1) is 17.6. The molecule has 5 rings (SSSR count). The lowest BCUT2D eigenvalue weighted by atomic mass is 9.90. The summed E-state index contributed by atoms with van der Waals surface area (Å²) in [5.41, 5.74) is 1.60. The molecule has 0 spiro atoms. The summed E-state index contributed by atoms with van der Waals surface area (Å²) in [5.74, 6) is 2.72. The molecule has 36 heavy (non-hydrogen) atoms. The van der Waals surface area contributed by atoms with Crippen LogP contribution >= 0.6 is 0 Å². The van der Waals surface area contributed by atoms with E-state index in [1.54, 1.807) is 7.11 Å². The molecule has 0 N–H and O–H groups in total. The third-order valence-corrected chi connectivity index (χ3v) is 7.36. The Labute approximate surface area is 211 Å². The Morgan fingerprint density at radius 3 is 2.25 bits per heavy atom. The maximum absolute atomic E-state index is 13.1. The number of hydrogen-bond donors (Lipinski definition) is 0. The SMILES string of the molecule is COc1ccc(-c2noc(CC3CCN(C(=O)C4CCN(C(=O)c5ccccc5)CC4)CC3)n2)cc1. The Kier molecular flexibility index (Phi) is 7.30. The van der Waals surface area contributed by atoms with Gasteiger partial charge in [-0.2, -0.15) is 4.98 Å². The monoisotopic (exact) mass is 488 g/mol. The number of hydrogen-bond acceptors (Lipinski definition) is 6. The van der Waals surface area contributed by atoms with E-state index in [0.29, 0.717) is 36.3 Å². The summed E-state index contributed by atoms with van der Waals surface area (Å²) in [4.78, 5) is 34.3. The summed E-state index contributed by atoms with van der Waals surface area (Å²) in [6.45, 7) is 2.78. The highest BCUT2D eigenvalue weighted by molar-refractivity contribution is 5.94. The number of methoxy groups -OCH3 is 1. The van der Waals surface area contributed by atoms with Crippen molar-refractivity contribution in [3.8, 4) is 17.1 Å². The first-order valence-corrected chi connectivity index (χ1v) is 12.7. The predicted molar refractivity (Wildman–Crippen MR) is 134 cm³/mol. The molecule has 2 fully saturated rings. The van der Waals surface area contributed by atoms with E-state index in [4.69, 9.17) is 9.26 Å². The Morgan fingerprint density at radius 2 is 1.58 bits per heavy atom. The van der Waals surface area contributed by atoms with E-state index in [9.17, 15) is 9.59 Å². The molecule has 3 heterocycles. The van der Waals surface area contributed by atoms with Crippen LogP contribution in [0.15, 0.2) is 59.1 Å². The quantitative estimate of drug-likeness (QED) is 0.520. The highest BCUT2D eigenvalue weighted by atomic mass is 16.5. The van der Waals surface area contributed by atoms with Gasteiger partial charge in [-0.25, -0.2) is 0 Å². The van der Waals surface area contributed by atoms with Crippen LogP contribution < -0.4 is 4.74 Å². The molecule has 2 amide bonds. The average molecular weight is 489 g/mol. The van der Waals surface area contributed by atoms with Crippen molar-refractivity contribution in [3.05, 3.63) is 66.1 Å². The Hall–Kier alpha value is -3.68. The van der Waals surface area contributed by atoms with Gasteiger partial charge in [-0.05, 0) is 68.0 Å². The van der Waals surface area contributed by atoms with E-state index in [1.165, 1.54) is 0 Å². The van der Waals surface area contributed by atoms with Crippen molar-refractivity contribution in [2.24, 2.45) is 11.8 Å². The summed E-state index contributed by atoms with van der Waals surface area (Å²) in [6.07, 6.45) is 4.04. The molecule has 2 aliphatic rings. The molecule has 0 unspecified atom stereocenters. The van der Waals surface area contributed by atoms with Gasteiger partial charge in [0.1, 0.15) is 5.75 Å². The van der Waals surface area contributed by atoms with Crippen LogP contribution in [0.2, 0.25) is 0 Å². The summed E-state index contributed by atoms with van der Waals surface area (Å²) in [7, 11) is 1.64. The molecular weight excluding hydrogens is 456 g/mol. The lowest BCUT2D eigenvalue weighted by molar-refractivity contribution is -0.138. The number of nitrogens with zero attached hydrogens (tertiary/aromatic N) is 4. The molecule has 0 aliphatic carbocycles. The first kappa shape index (κ1) is 24.0. The van der Waals surface area contributed by atoms with E-state index in [1.807, 2.05) is 64.4 Å². The van der Waals surface area contributed by atoms with Gasteiger partial charge in [-0.1, -0.05) is 23.4 Å². The van der Waals surface area contributed by atoms with Crippen molar-refractivity contribution in [3.63, 3.8) is 0 Å². The fourth-order valence-corrected chi connectivity index (χ4v) is 5.15. The number of amides is 2. The van der Waals surface area contributed by atoms with Crippen molar-refractivity contribution in [1.82, 2.24) is 19.9 Å². The Morgan fingerprint density at radius 1 is 0.917 bits per heavy atom. The summed E-state index contributed by atoms with van der Waals surface area (Å²) in [5, 5.41) is 4.13. The maximum Gasteiger partial charge on any atom is 0.253 e. The molecule has 3 aromatic rings. The van der Waals surface area contributed by atoms with Gasteiger partial charge in [0.05, 0.1) is 7.11 Å². The van der Waals surface area contributed by atoms with Gasteiger partial charge in [0, 0.05) is 49.6 Å². The second kappa shape index (κ2) is 10.9. The molecule has 0 saturated carbocycles. The number of carbonyl (C=O) groups is 2. The second-order valence-corrected chi connectivity index (χ2v) is 9.65. The van der Waals surface area contributed by atoms with Crippen LogP contribution in [0.4, 0.5) is 0 Å². The van der Waals surface area contributed by atoms with Crippen LogP contribution in [-0.2, 0) is 11.2 Å². The fraction of sp³-hybridized carbons (Fsp3) is 0.429. The summed E-state index contributed by atoms with van der Waals surface area (Å²) in [6, 6.07) is 16.9. The van der Waals surface area contributed by atoms with Gasteiger partial charge >= 0.3 is 0 Å². The summed E-state index contributed by atoms with van der Waals surface area (Å²) >= 11 is 0. The average Bonchev–Trinajstić information content (AvgIpc) is 3.42. The maximum atomic E-state index is 13.1. The normalized spacial score (nSPS) is 17.2. The largest absolute Gasteiger partial charge is 0.497 e. The van der Waals surface area contributed by atoms with Crippen molar-refractivity contribution >= 4 is 11.8 Å². The molecule has 8 nitrogen and oxygen atoms in total. The minimum Gasteiger partial charge on any atom is -0.497 e. The molecular formula is C28H32N4O4. The first-order valence-electron chi connectivity index (χ1n) is 12.7. The van der Waals surface area contributed by atoms with Crippen LogP contribution in [0, 0.1) is 11.8 Å². The minimum atomic E-state index is 0.00405. The highest BCUT2D eigenvalue weighted by Gasteiger charge is 2.32. The molecule has 188 valence electrons. The fourth-order valence-electron chi connectivity index (χ4n) is 5.15. The van der Waals surface area contributed by atoms with Crippen LogP contribution in [0.5, 0.6) is 5.75 Å². The van der Waals surface area contributed by atoms with Crippen molar-refractivity contribution < 1.29 is 18.8 Å². The molecule has 8 heteroatoms. The number of carbonyl (C=O) groups excluding carboxylic acids is 2. The second-order valence-electron chi connectivity index (χ2n) is 9.65. The minimum absolute atomic E-state index is 0.00405. The third kappa shape index (κ3) is 5.42. The standard InChI is InChI=1S/C28H32N4O4/c1-35-24-9-7-21(8-10-24)26-29-25(36-30-26)19-20-11-15-31(16-12-20)28(34)23-13-17-32(18-14-23)27(33)22-5-3-2-4-6-22/h2-10,20,23H,11-19H2,1H3. The summed E-state index contributed by atoms with van der Waals surface area (Å²) < 4.78 is 10.7. The zero-order valence-electron chi connectivity index (χ0n) is 20.6. The number of aromatic nitrogens is 2. The number of benzene rings is 2. The van der Waals surface area contributed by atoms with Crippen molar-refractivity contribution in [2.45, 2.75) is 32.1 Å². The van der Waals surface area contributed by atoms with Crippen LogP contribution in [0.1, 0.15) is 41.9 Å². The third-order valence-electron chi connectivity index (χ3n) is 7.36. The van der Waals surface area contributed by atoms with Crippen molar-refractivity contribution in [2.75, 3.05) is 33.3 Å². The molecule has 0 bridgehead atoms. The molecule has 0 radical (unpaired) electrons. The zero-order valence-corrected chi connectivity index (χ0v) is 20.6. The lowest BCUT2D eigenvalue weighted by Gasteiger charge is -2.37. The molecule has 2 saturated heterocycles.